The fourth-order valence-electron chi connectivity index (χ4n) is 2.20. The number of likely N-dealkylation sites (tertiary alicyclic amines) is 1. The Morgan fingerprint density at radius 1 is 1.50 bits per heavy atom. The highest BCUT2D eigenvalue weighted by molar-refractivity contribution is 5.05. The number of nitrogens with zero attached hydrogens (tertiary/aromatic N) is 3. The van der Waals surface area contributed by atoms with Gasteiger partial charge in [-0.15, -0.1) is 0 Å². The average molecular weight is 251 g/mol. The number of hydrogen-bond donors (Lipinski definition) is 1. The van der Waals surface area contributed by atoms with E-state index in [4.69, 9.17) is 4.74 Å². The monoisotopic (exact) mass is 251 g/mol. The van der Waals surface area contributed by atoms with Gasteiger partial charge in [-0.25, -0.2) is 9.97 Å². The van der Waals surface area contributed by atoms with Gasteiger partial charge in [-0.1, -0.05) is 13.8 Å². The van der Waals surface area contributed by atoms with Gasteiger partial charge in [-0.3, -0.25) is 4.90 Å². The zero-order chi connectivity index (χ0) is 13.1. The van der Waals surface area contributed by atoms with Gasteiger partial charge in [0.2, 0.25) is 0 Å². The number of aliphatic hydroxyl groups excluding tert-OH is 1. The second-order valence-electron chi connectivity index (χ2n) is 5.10. The average Bonchev–Trinajstić information content (AvgIpc) is 2.69. The summed E-state index contributed by atoms with van der Waals surface area (Å²) in [5.74, 6) is 1.20. The number of ether oxygens (including phenoxy) is 1. The summed E-state index contributed by atoms with van der Waals surface area (Å²) in [6.07, 6.45) is 1.32. The lowest BCUT2D eigenvalue weighted by atomic mass is 10.2. The van der Waals surface area contributed by atoms with Gasteiger partial charge in [-0.05, 0) is 6.07 Å². The minimum absolute atomic E-state index is 0.0867. The van der Waals surface area contributed by atoms with E-state index in [9.17, 15) is 5.11 Å². The Morgan fingerprint density at radius 2 is 2.28 bits per heavy atom. The number of aliphatic hydroxyl groups is 1. The summed E-state index contributed by atoms with van der Waals surface area (Å²) >= 11 is 0. The molecule has 1 saturated heterocycles. The maximum Gasteiger partial charge on any atom is 0.131 e. The molecule has 0 aliphatic carbocycles. The Hall–Kier alpha value is -1.04. The minimum atomic E-state index is -0.401. The maximum atomic E-state index is 9.78. The third-order valence-corrected chi connectivity index (χ3v) is 3.25. The molecule has 2 heterocycles. The quantitative estimate of drug-likeness (QED) is 0.857. The van der Waals surface area contributed by atoms with Crippen LogP contribution in [0.3, 0.4) is 0 Å². The fraction of sp³-hybridized carbons (Fsp3) is 0.692. The largest absolute Gasteiger partial charge is 0.389 e. The highest BCUT2D eigenvalue weighted by Crippen LogP contribution is 2.16. The molecular formula is C13H21N3O2. The van der Waals surface area contributed by atoms with Crippen LogP contribution in [0.4, 0.5) is 0 Å². The first-order valence-electron chi connectivity index (χ1n) is 6.35. The Morgan fingerprint density at radius 3 is 2.89 bits per heavy atom. The van der Waals surface area contributed by atoms with Crippen molar-refractivity contribution in [2.45, 2.75) is 38.5 Å². The van der Waals surface area contributed by atoms with Crippen LogP contribution in [-0.2, 0) is 11.3 Å². The molecule has 100 valence electrons. The predicted molar refractivity (Wildman–Crippen MR) is 68.2 cm³/mol. The van der Waals surface area contributed by atoms with Crippen molar-refractivity contribution >= 4 is 0 Å². The Bertz CT molecular complexity index is 398. The van der Waals surface area contributed by atoms with E-state index in [1.807, 2.05) is 6.07 Å². The van der Waals surface area contributed by atoms with Crippen molar-refractivity contribution in [2.24, 2.45) is 0 Å². The first-order chi connectivity index (χ1) is 8.60. The van der Waals surface area contributed by atoms with E-state index in [1.165, 1.54) is 0 Å². The van der Waals surface area contributed by atoms with Crippen molar-refractivity contribution in [3.8, 4) is 0 Å². The van der Waals surface area contributed by atoms with E-state index in [1.54, 1.807) is 13.3 Å². The van der Waals surface area contributed by atoms with E-state index < -0.39 is 6.10 Å². The van der Waals surface area contributed by atoms with Crippen molar-refractivity contribution in [2.75, 3.05) is 20.2 Å². The second kappa shape index (κ2) is 5.73. The third-order valence-electron chi connectivity index (χ3n) is 3.25. The molecule has 5 nitrogen and oxygen atoms in total. The highest BCUT2D eigenvalue weighted by atomic mass is 16.5. The van der Waals surface area contributed by atoms with Gasteiger partial charge in [0.05, 0.1) is 17.9 Å². The van der Waals surface area contributed by atoms with Gasteiger partial charge in [0, 0.05) is 38.9 Å². The van der Waals surface area contributed by atoms with Crippen molar-refractivity contribution in [3.05, 3.63) is 23.8 Å². The lowest BCUT2D eigenvalue weighted by molar-refractivity contribution is 0.0214. The van der Waals surface area contributed by atoms with Crippen LogP contribution in [0.25, 0.3) is 0 Å². The molecule has 0 aromatic carbocycles. The van der Waals surface area contributed by atoms with Crippen LogP contribution in [0, 0.1) is 0 Å². The lowest BCUT2D eigenvalue weighted by Gasteiger charge is -2.15. The van der Waals surface area contributed by atoms with Gasteiger partial charge in [0.1, 0.15) is 5.82 Å². The fourth-order valence-corrected chi connectivity index (χ4v) is 2.20. The zero-order valence-corrected chi connectivity index (χ0v) is 11.2. The first kappa shape index (κ1) is 13.4. The molecule has 1 fully saturated rings. The van der Waals surface area contributed by atoms with E-state index in [0.717, 1.165) is 24.6 Å². The summed E-state index contributed by atoms with van der Waals surface area (Å²) in [5, 5.41) is 9.78. The zero-order valence-electron chi connectivity index (χ0n) is 11.2. The highest BCUT2D eigenvalue weighted by Gasteiger charge is 2.31. The summed E-state index contributed by atoms with van der Waals surface area (Å²) < 4.78 is 5.23. The topological polar surface area (TPSA) is 58.5 Å². The number of hydrogen-bond acceptors (Lipinski definition) is 5. The normalized spacial score (nSPS) is 24.9. The molecule has 1 aliphatic heterocycles. The van der Waals surface area contributed by atoms with Crippen LogP contribution in [0.5, 0.6) is 0 Å². The van der Waals surface area contributed by atoms with Crippen molar-refractivity contribution in [3.63, 3.8) is 0 Å². The maximum absolute atomic E-state index is 9.78. The molecule has 2 rings (SSSR count). The van der Waals surface area contributed by atoms with Crippen LogP contribution in [0.2, 0.25) is 0 Å². The molecule has 1 N–H and O–H groups in total. The number of methoxy groups -OCH3 is 1. The number of aromatic nitrogens is 2. The summed E-state index contributed by atoms with van der Waals surface area (Å²) in [5.41, 5.74) is 0.998. The molecule has 0 amide bonds. The number of rotatable bonds is 4. The Kier molecular flexibility index (Phi) is 4.27. The molecule has 1 aromatic heterocycles. The summed E-state index contributed by atoms with van der Waals surface area (Å²) in [7, 11) is 1.64. The SMILES string of the molecule is CO[C@H]1CN(Cc2ccnc(C(C)C)n2)C[C@@H]1O. The van der Waals surface area contributed by atoms with Crippen LogP contribution >= 0.6 is 0 Å². The van der Waals surface area contributed by atoms with Crippen LogP contribution in [0.15, 0.2) is 12.3 Å². The van der Waals surface area contributed by atoms with Gasteiger partial charge in [0.15, 0.2) is 0 Å². The van der Waals surface area contributed by atoms with E-state index >= 15 is 0 Å². The molecule has 0 spiro atoms. The summed E-state index contributed by atoms with van der Waals surface area (Å²) in [4.78, 5) is 11.0. The standard InChI is InChI=1S/C13H21N3O2/c1-9(2)13-14-5-4-10(15-13)6-16-7-11(17)12(8-16)18-3/h4-5,9,11-12,17H,6-8H2,1-3H3/t11-,12-/m0/s1. The molecule has 2 atom stereocenters. The van der Waals surface area contributed by atoms with Gasteiger partial charge < -0.3 is 9.84 Å². The second-order valence-corrected chi connectivity index (χ2v) is 5.10. The van der Waals surface area contributed by atoms with Gasteiger partial charge in [0.25, 0.3) is 0 Å². The Labute approximate surface area is 108 Å². The molecule has 0 radical (unpaired) electrons. The molecule has 5 heteroatoms. The van der Waals surface area contributed by atoms with E-state index in [-0.39, 0.29) is 6.10 Å². The van der Waals surface area contributed by atoms with Crippen molar-refractivity contribution < 1.29 is 9.84 Å². The van der Waals surface area contributed by atoms with E-state index in [2.05, 4.69) is 28.7 Å². The summed E-state index contributed by atoms with van der Waals surface area (Å²) in [6.45, 7) is 6.29. The van der Waals surface area contributed by atoms with Gasteiger partial charge in [-0.2, -0.15) is 0 Å². The smallest absolute Gasteiger partial charge is 0.131 e. The molecule has 1 aromatic rings. The first-order valence-corrected chi connectivity index (χ1v) is 6.35. The molecule has 18 heavy (non-hydrogen) atoms. The van der Waals surface area contributed by atoms with Crippen molar-refractivity contribution in [1.82, 2.24) is 14.9 Å². The van der Waals surface area contributed by atoms with E-state index in [0.29, 0.717) is 12.5 Å². The minimum Gasteiger partial charge on any atom is -0.389 e. The van der Waals surface area contributed by atoms with Gasteiger partial charge >= 0.3 is 0 Å². The predicted octanol–water partition coefficient (Wildman–Crippen LogP) is 0.792. The molecule has 1 aliphatic rings. The van der Waals surface area contributed by atoms with Crippen LogP contribution in [0.1, 0.15) is 31.3 Å². The molecular weight excluding hydrogens is 230 g/mol. The van der Waals surface area contributed by atoms with Crippen LogP contribution < -0.4 is 0 Å². The number of β-amino-alcohol motifs (C(OH)–C–C–N with tert-alkyl or cyclic N) is 1. The third kappa shape index (κ3) is 3.04. The molecule has 0 bridgehead atoms. The Balaban J connectivity index is 2.00. The lowest BCUT2D eigenvalue weighted by Crippen LogP contribution is -2.25. The summed E-state index contributed by atoms with van der Waals surface area (Å²) in [6, 6.07) is 1.93. The van der Waals surface area contributed by atoms with Crippen LogP contribution in [-0.4, -0.2) is 52.4 Å². The molecule has 0 saturated carbocycles. The molecule has 0 unspecified atom stereocenters. The van der Waals surface area contributed by atoms with Crippen molar-refractivity contribution in [1.29, 1.82) is 0 Å².